The minimum atomic E-state index is -0.668. The molecule has 4 aromatic rings. The van der Waals surface area contributed by atoms with Gasteiger partial charge in [0.15, 0.2) is 0 Å². The molecule has 3 unspecified atom stereocenters. The summed E-state index contributed by atoms with van der Waals surface area (Å²) in [6, 6.07) is 29.7. The number of nitrogens with one attached hydrogen (secondary N) is 1. The number of carbonyl (C=O) groups is 1. The summed E-state index contributed by atoms with van der Waals surface area (Å²) in [4.78, 5) is 15.1. The van der Waals surface area contributed by atoms with Gasteiger partial charge in [-0.1, -0.05) is 174 Å². The van der Waals surface area contributed by atoms with Crippen LogP contribution in [0.15, 0.2) is 84.4 Å². The molecule has 3 atom stereocenters. The Morgan fingerprint density at radius 2 is 1.39 bits per heavy atom. The molecule has 1 saturated carbocycles. The predicted octanol–water partition coefficient (Wildman–Crippen LogP) is 16.9. The van der Waals surface area contributed by atoms with E-state index < -0.39 is 11.6 Å². The summed E-state index contributed by atoms with van der Waals surface area (Å²) >= 11 is 1.82. The molecule has 5 rings (SSSR count). The smallest absolute Gasteiger partial charge is 0.349 e. The Morgan fingerprint density at radius 3 is 1.95 bits per heavy atom. The monoisotopic (exact) mass is 849 g/mol. The van der Waals surface area contributed by atoms with Crippen molar-refractivity contribution in [2.75, 3.05) is 5.32 Å². The van der Waals surface area contributed by atoms with Crippen molar-refractivity contribution < 1.29 is 14.6 Å². The quantitative estimate of drug-likeness (QED) is 0.0451. The van der Waals surface area contributed by atoms with Crippen molar-refractivity contribution in [3.05, 3.63) is 101 Å². The van der Waals surface area contributed by atoms with Crippen molar-refractivity contribution in [3.8, 4) is 27.0 Å². The molecule has 2 N–H and O–H groups in total. The van der Waals surface area contributed by atoms with Gasteiger partial charge >= 0.3 is 5.97 Å². The Morgan fingerprint density at radius 1 is 0.820 bits per heavy atom. The molecule has 1 heterocycles. The fourth-order valence-electron chi connectivity index (χ4n) is 7.59. The summed E-state index contributed by atoms with van der Waals surface area (Å²) in [5, 5.41) is 24.2. The van der Waals surface area contributed by atoms with Crippen LogP contribution in [0.5, 0.6) is 0 Å². The lowest BCUT2D eigenvalue weighted by atomic mass is 9.93. The van der Waals surface area contributed by atoms with Crippen molar-refractivity contribution in [2.24, 2.45) is 5.92 Å². The molecule has 0 radical (unpaired) electrons. The number of benzene rings is 3. The maximum Gasteiger partial charge on any atom is 0.349 e. The molecule has 6 heteroatoms. The minimum absolute atomic E-state index is 0.00942. The standard InChI is InChI=1S/C48H60N2O3S.C3H8.2C2H6/c1-6-8-9-10-11-12-13-14-15-18-38-32-45(54-46(38)37-23-21-35(22-24-37)29-39(33-49)47(52)53-48(3,4)5)36-25-27-40(28-26-36)50-43-20-17-16-19-41(43)42-30-34(7-2)31-44(42)51;1-3-2;2*1-2/h16-17,19-29,32,34,42,44,50-51H,6-15,18,30-31H2,1-5H3;3H2,1-2H3;2*1-2H3/b39-29+;;;. The van der Waals surface area contributed by atoms with Gasteiger partial charge < -0.3 is 15.2 Å². The van der Waals surface area contributed by atoms with E-state index in [-0.39, 0.29) is 17.6 Å². The Labute approximate surface area is 376 Å². The van der Waals surface area contributed by atoms with E-state index in [1.807, 2.05) is 57.2 Å². The van der Waals surface area contributed by atoms with E-state index in [1.165, 1.54) is 84.2 Å². The number of anilines is 2. The van der Waals surface area contributed by atoms with E-state index in [0.29, 0.717) is 5.92 Å². The molecule has 5 nitrogen and oxygen atoms in total. The zero-order valence-electron chi connectivity index (χ0n) is 39.8. The second kappa shape index (κ2) is 29.2. The number of aliphatic hydroxyl groups is 1. The number of para-hydroxylation sites is 1. The number of thiophene rings is 1. The van der Waals surface area contributed by atoms with Crippen LogP contribution in [-0.4, -0.2) is 22.8 Å². The number of aliphatic hydroxyl groups excluding tert-OH is 1. The average Bonchev–Trinajstić information content (AvgIpc) is 3.87. The van der Waals surface area contributed by atoms with Crippen LogP contribution in [0.3, 0.4) is 0 Å². The number of hydrogen-bond acceptors (Lipinski definition) is 6. The van der Waals surface area contributed by atoms with Gasteiger partial charge in [-0.3, -0.25) is 0 Å². The van der Waals surface area contributed by atoms with Crippen LogP contribution in [0, 0.1) is 17.2 Å². The second-order valence-corrected chi connectivity index (χ2v) is 17.8. The maximum absolute atomic E-state index is 12.6. The fraction of sp³-hybridized carbons (Fsp3) is 0.527. The summed E-state index contributed by atoms with van der Waals surface area (Å²) in [7, 11) is 0. The van der Waals surface area contributed by atoms with Gasteiger partial charge in [0, 0.05) is 27.0 Å². The second-order valence-electron chi connectivity index (χ2n) is 16.8. The first kappa shape index (κ1) is 53.0. The van der Waals surface area contributed by atoms with E-state index in [1.54, 1.807) is 26.8 Å². The lowest BCUT2D eigenvalue weighted by Crippen LogP contribution is -2.24. The first-order valence-corrected chi connectivity index (χ1v) is 24.5. The third-order valence-electron chi connectivity index (χ3n) is 10.6. The molecule has 0 spiro atoms. The molecule has 61 heavy (non-hydrogen) atoms. The number of ether oxygens (including phenoxy) is 1. The fourth-order valence-corrected chi connectivity index (χ4v) is 8.81. The van der Waals surface area contributed by atoms with Crippen LogP contribution in [0.1, 0.15) is 182 Å². The number of nitriles is 1. The molecule has 3 aromatic carbocycles. The third kappa shape index (κ3) is 18.0. The number of nitrogens with zero attached hydrogens (tertiary/aromatic N) is 1. The number of unbranched alkanes of at least 4 members (excludes halogenated alkanes) is 8. The van der Waals surface area contributed by atoms with E-state index in [9.17, 15) is 15.2 Å². The van der Waals surface area contributed by atoms with Gasteiger partial charge in [0.2, 0.25) is 0 Å². The number of rotatable bonds is 18. The maximum atomic E-state index is 12.6. The van der Waals surface area contributed by atoms with E-state index in [4.69, 9.17) is 4.74 Å². The van der Waals surface area contributed by atoms with Crippen LogP contribution < -0.4 is 5.32 Å². The predicted molar refractivity (Wildman–Crippen MR) is 266 cm³/mol. The largest absolute Gasteiger partial charge is 0.456 e. The highest BCUT2D eigenvalue weighted by Gasteiger charge is 2.34. The molecule has 0 saturated heterocycles. The Kier molecular flexibility index (Phi) is 25.3. The summed E-state index contributed by atoms with van der Waals surface area (Å²) in [6.07, 6.45) is 18.3. The topological polar surface area (TPSA) is 82.4 Å². The van der Waals surface area contributed by atoms with Crippen LogP contribution in [0.25, 0.3) is 27.0 Å². The Bertz CT molecular complexity index is 1880. The highest BCUT2D eigenvalue weighted by molar-refractivity contribution is 7.19. The summed E-state index contributed by atoms with van der Waals surface area (Å²) < 4.78 is 5.43. The molecular formula is C55H80N2O3S. The summed E-state index contributed by atoms with van der Waals surface area (Å²) in [5.74, 6) is 0.132. The lowest BCUT2D eigenvalue weighted by Gasteiger charge is -2.20. The van der Waals surface area contributed by atoms with Crippen LogP contribution in [-0.2, 0) is 16.0 Å². The van der Waals surface area contributed by atoms with Gasteiger partial charge in [0.25, 0.3) is 0 Å². The normalized spacial score (nSPS) is 15.9. The first-order valence-electron chi connectivity index (χ1n) is 23.7. The average molecular weight is 849 g/mol. The Balaban J connectivity index is 0.00000173. The zero-order chi connectivity index (χ0) is 45.2. The molecule has 1 fully saturated rings. The van der Waals surface area contributed by atoms with Crippen LogP contribution in [0.2, 0.25) is 0 Å². The number of carbonyl (C=O) groups excluding carboxylic acids is 1. The zero-order valence-corrected chi connectivity index (χ0v) is 40.7. The van der Waals surface area contributed by atoms with E-state index in [0.717, 1.165) is 54.6 Å². The van der Waals surface area contributed by atoms with E-state index in [2.05, 4.69) is 99.7 Å². The van der Waals surface area contributed by atoms with Gasteiger partial charge in [0.05, 0.1) is 6.10 Å². The first-order chi connectivity index (χ1) is 29.5. The van der Waals surface area contributed by atoms with Crippen molar-refractivity contribution in [3.63, 3.8) is 0 Å². The molecule has 1 aliphatic rings. The van der Waals surface area contributed by atoms with Crippen molar-refractivity contribution in [2.45, 2.75) is 184 Å². The third-order valence-corrected chi connectivity index (χ3v) is 11.9. The SMILES string of the molecule is CC.CC.CCC.CCCCCCCCCCCc1cc(-c2ccc(Nc3ccccc3C3CC(CC)CC3O)cc2)sc1-c1ccc(/C=C(\C#N)C(=O)OC(C)(C)C)cc1. The Hall–Kier alpha value is -4.18. The van der Waals surface area contributed by atoms with Crippen molar-refractivity contribution in [1.29, 1.82) is 5.26 Å². The summed E-state index contributed by atoms with van der Waals surface area (Å²) in [5.41, 5.74) is 7.10. The molecule has 1 aliphatic carbocycles. The molecular weight excluding hydrogens is 769 g/mol. The molecule has 1 aromatic heterocycles. The number of aryl methyl sites for hydroxylation is 1. The van der Waals surface area contributed by atoms with Gasteiger partial charge in [-0.25, -0.2) is 4.79 Å². The van der Waals surface area contributed by atoms with Gasteiger partial charge in [-0.15, -0.1) is 11.3 Å². The highest BCUT2D eigenvalue weighted by Crippen LogP contribution is 2.44. The van der Waals surface area contributed by atoms with Gasteiger partial charge in [-0.05, 0) is 111 Å². The minimum Gasteiger partial charge on any atom is -0.456 e. The molecule has 0 aliphatic heterocycles. The summed E-state index contributed by atoms with van der Waals surface area (Å²) in [6.45, 7) is 22.1. The number of hydrogen-bond donors (Lipinski definition) is 2. The molecule has 0 amide bonds. The highest BCUT2D eigenvalue weighted by atomic mass is 32.1. The molecule has 334 valence electrons. The van der Waals surface area contributed by atoms with E-state index >= 15 is 0 Å². The van der Waals surface area contributed by atoms with Crippen LogP contribution >= 0.6 is 11.3 Å². The lowest BCUT2D eigenvalue weighted by molar-refractivity contribution is -0.149. The van der Waals surface area contributed by atoms with Crippen molar-refractivity contribution >= 4 is 34.8 Å². The van der Waals surface area contributed by atoms with Crippen molar-refractivity contribution in [1.82, 2.24) is 0 Å². The van der Waals surface area contributed by atoms with Gasteiger partial charge in [0.1, 0.15) is 17.2 Å². The molecule has 0 bridgehead atoms. The van der Waals surface area contributed by atoms with Crippen LogP contribution in [0.4, 0.5) is 11.4 Å². The number of esters is 1. The van der Waals surface area contributed by atoms with Gasteiger partial charge in [-0.2, -0.15) is 5.26 Å².